The SMILES string of the molecule is CN=C(NCc1ccc(C)cc1OC)NCc1c(OC)cc(OC)cc1OC.I. The number of guanidine groups is 1. The van der Waals surface area contributed by atoms with Crippen molar-refractivity contribution in [1.29, 1.82) is 0 Å². The van der Waals surface area contributed by atoms with E-state index in [0.717, 1.165) is 22.4 Å². The Labute approximate surface area is 189 Å². The van der Waals surface area contributed by atoms with Crippen molar-refractivity contribution in [3.8, 4) is 23.0 Å². The summed E-state index contributed by atoms with van der Waals surface area (Å²) in [6.07, 6.45) is 0. The van der Waals surface area contributed by atoms with Gasteiger partial charge < -0.3 is 29.6 Å². The molecule has 160 valence electrons. The summed E-state index contributed by atoms with van der Waals surface area (Å²) in [5.74, 6) is 3.54. The van der Waals surface area contributed by atoms with Crippen molar-refractivity contribution in [2.45, 2.75) is 20.0 Å². The fourth-order valence-corrected chi connectivity index (χ4v) is 2.82. The monoisotopic (exact) mass is 515 g/mol. The number of nitrogens with zero attached hydrogens (tertiary/aromatic N) is 1. The van der Waals surface area contributed by atoms with E-state index in [1.807, 2.05) is 31.2 Å². The van der Waals surface area contributed by atoms with Crippen LogP contribution in [0.15, 0.2) is 35.3 Å². The number of rotatable bonds is 8. The Balaban J connectivity index is 0.00000420. The van der Waals surface area contributed by atoms with Gasteiger partial charge in [-0.1, -0.05) is 12.1 Å². The third-order valence-electron chi connectivity index (χ3n) is 4.36. The Morgan fingerprint density at radius 2 is 1.41 bits per heavy atom. The second kappa shape index (κ2) is 12.3. The summed E-state index contributed by atoms with van der Waals surface area (Å²) < 4.78 is 21.7. The van der Waals surface area contributed by atoms with Gasteiger partial charge in [0, 0.05) is 31.3 Å². The van der Waals surface area contributed by atoms with Gasteiger partial charge in [0.05, 0.1) is 40.5 Å². The zero-order valence-corrected chi connectivity index (χ0v) is 20.1. The lowest BCUT2D eigenvalue weighted by Gasteiger charge is -2.18. The smallest absolute Gasteiger partial charge is 0.191 e. The van der Waals surface area contributed by atoms with Crippen molar-refractivity contribution in [3.05, 3.63) is 47.0 Å². The number of halogens is 1. The second-order valence-corrected chi connectivity index (χ2v) is 6.11. The minimum atomic E-state index is 0. The lowest BCUT2D eigenvalue weighted by molar-refractivity contribution is 0.368. The molecule has 0 heterocycles. The highest BCUT2D eigenvalue weighted by Crippen LogP contribution is 2.33. The number of methoxy groups -OCH3 is 4. The molecule has 0 bridgehead atoms. The van der Waals surface area contributed by atoms with Crippen LogP contribution in [-0.4, -0.2) is 41.4 Å². The van der Waals surface area contributed by atoms with E-state index in [4.69, 9.17) is 18.9 Å². The molecule has 0 unspecified atom stereocenters. The van der Waals surface area contributed by atoms with Crippen molar-refractivity contribution in [2.24, 2.45) is 4.99 Å². The molecule has 0 radical (unpaired) electrons. The van der Waals surface area contributed by atoms with Crippen LogP contribution in [0.2, 0.25) is 0 Å². The van der Waals surface area contributed by atoms with Crippen molar-refractivity contribution in [3.63, 3.8) is 0 Å². The first-order chi connectivity index (χ1) is 13.6. The van der Waals surface area contributed by atoms with E-state index >= 15 is 0 Å². The predicted molar refractivity (Wildman–Crippen MR) is 126 cm³/mol. The van der Waals surface area contributed by atoms with Gasteiger partial charge in [0.15, 0.2) is 5.96 Å². The maximum absolute atomic E-state index is 5.49. The number of hydrogen-bond donors (Lipinski definition) is 2. The number of benzene rings is 2. The molecular formula is C21H30IN3O4. The zero-order valence-electron chi connectivity index (χ0n) is 17.8. The molecule has 2 aromatic rings. The van der Waals surface area contributed by atoms with E-state index in [9.17, 15) is 0 Å². The van der Waals surface area contributed by atoms with Crippen molar-refractivity contribution < 1.29 is 18.9 Å². The molecule has 0 amide bonds. The molecule has 0 aliphatic rings. The molecule has 2 N–H and O–H groups in total. The summed E-state index contributed by atoms with van der Waals surface area (Å²) in [4.78, 5) is 4.28. The normalized spacial score (nSPS) is 10.6. The lowest BCUT2D eigenvalue weighted by Crippen LogP contribution is -2.36. The highest BCUT2D eigenvalue weighted by molar-refractivity contribution is 14.0. The van der Waals surface area contributed by atoms with Gasteiger partial charge in [0.2, 0.25) is 0 Å². The molecule has 0 saturated carbocycles. The van der Waals surface area contributed by atoms with Gasteiger partial charge >= 0.3 is 0 Å². The van der Waals surface area contributed by atoms with Crippen LogP contribution in [0.25, 0.3) is 0 Å². The molecule has 29 heavy (non-hydrogen) atoms. The maximum atomic E-state index is 5.49. The van der Waals surface area contributed by atoms with E-state index in [2.05, 4.69) is 21.7 Å². The molecule has 7 nitrogen and oxygen atoms in total. The standard InChI is InChI=1S/C21H29N3O4.HI/c1-14-7-8-15(18(9-14)26-4)12-23-21(22-2)24-13-17-19(27-5)10-16(25-3)11-20(17)28-6;/h7-11H,12-13H2,1-6H3,(H2,22,23,24);1H. The van der Waals surface area contributed by atoms with E-state index in [0.29, 0.717) is 36.3 Å². The molecule has 0 atom stereocenters. The Kier molecular flexibility index (Phi) is 10.4. The fraction of sp³-hybridized carbons (Fsp3) is 0.381. The topological polar surface area (TPSA) is 73.3 Å². The van der Waals surface area contributed by atoms with Crippen LogP contribution in [0.5, 0.6) is 23.0 Å². The van der Waals surface area contributed by atoms with Gasteiger partial charge in [-0.15, -0.1) is 24.0 Å². The Morgan fingerprint density at radius 3 is 1.93 bits per heavy atom. The Hall–Kier alpha value is -2.36. The van der Waals surface area contributed by atoms with Crippen LogP contribution in [0.1, 0.15) is 16.7 Å². The second-order valence-electron chi connectivity index (χ2n) is 6.11. The van der Waals surface area contributed by atoms with Crippen molar-refractivity contribution in [2.75, 3.05) is 35.5 Å². The first-order valence-corrected chi connectivity index (χ1v) is 8.93. The molecular weight excluding hydrogens is 485 g/mol. The molecule has 0 spiro atoms. The van der Waals surface area contributed by atoms with Crippen LogP contribution < -0.4 is 29.6 Å². The van der Waals surface area contributed by atoms with E-state index < -0.39 is 0 Å². The maximum Gasteiger partial charge on any atom is 0.191 e. The van der Waals surface area contributed by atoms with Crippen LogP contribution in [-0.2, 0) is 13.1 Å². The van der Waals surface area contributed by atoms with Crippen LogP contribution in [0.3, 0.4) is 0 Å². The molecule has 2 rings (SSSR count). The molecule has 2 aromatic carbocycles. The van der Waals surface area contributed by atoms with Gasteiger partial charge in [-0.2, -0.15) is 0 Å². The summed E-state index contributed by atoms with van der Waals surface area (Å²) in [6.45, 7) is 3.09. The summed E-state index contributed by atoms with van der Waals surface area (Å²) in [5, 5.41) is 6.59. The lowest BCUT2D eigenvalue weighted by atomic mass is 10.1. The highest BCUT2D eigenvalue weighted by atomic mass is 127. The van der Waals surface area contributed by atoms with E-state index in [1.165, 1.54) is 0 Å². The van der Waals surface area contributed by atoms with Gasteiger partial charge in [-0.3, -0.25) is 4.99 Å². The molecule has 0 aromatic heterocycles. The number of nitrogens with one attached hydrogen (secondary N) is 2. The summed E-state index contributed by atoms with van der Waals surface area (Å²) >= 11 is 0. The van der Waals surface area contributed by atoms with Crippen molar-refractivity contribution in [1.82, 2.24) is 10.6 Å². The Bertz CT molecular complexity index is 803. The minimum absolute atomic E-state index is 0. The number of aryl methyl sites for hydroxylation is 1. The number of hydrogen-bond acceptors (Lipinski definition) is 5. The van der Waals surface area contributed by atoms with Crippen molar-refractivity contribution >= 4 is 29.9 Å². The van der Waals surface area contributed by atoms with Crippen LogP contribution in [0, 0.1) is 6.92 Å². The average Bonchev–Trinajstić information content (AvgIpc) is 2.73. The van der Waals surface area contributed by atoms with E-state index in [1.54, 1.807) is 35.5 Å². The van der Waals surface area contributed by atoms with E-state index in [-0.39, 0.29) is 24.0 Å². The summed E-state index contributed by atoms with van der Waals surface area (Å²) in [5.41, 5.74) is 3.08. The highest BCUT2D eigenvalue weighted by Gasteiger charge is 2.14. The number of aliphatic imine (C=N–C) groups is 1. The summed E-state index contributed by atoms with van der Waals surface area (Å²) in [7, 11) is 8.25. The number of ether oxygens (including phenoxy) is 4. The summed E-state index contributed by atoms with van der Waals surface area (Å²) in [6, 6.07) is 9.77. The predicted octanol–water partition coefficient (Wildman–Crippen LogP) is 3.51. The zero-order chi connectivity index (χ0) is 20.5. The average molecular weight is 515 g/mol. The van der Waals surface area contributed by atoms with Gasteiger partial charge in [0.25, 0.3) is 0 Å². The van der Waals surface area contributed by atoms with Gasteiger partial charge in [-0.05, 0) is 18.6 Å². The van der Waals surface area contributed by atoms with Gasteiger partial charge in [0.1, 0.15) is 23.0 Å². The first-order valence-electron chi connectivity index (χ1n) is 8.93. The molecule has 0 saturated heterocycles. The third kappa shape index (κ3) is 6.59. The largest absolute Gasteiger partial charge is 0.496 e. The molecule has 0 aliphatic carbocycles. The third-order valence-corrected chi connectivity index (χ3v) is 4.36. The van der Waals surface area contributed by atoms with Crippen LogP contribution >= 0.6 is 24.0 Å². The molecule has 8 heteroatoms. The molecule has 0 aliphatic heterocycles. The van der Waals surface area contributed by atoms with Crippen LogP contribution in [0.4, 0.5) is 0 Å². The quantitative estimate of drug-likeness (QED) is 0.319. The minimum Gasteiger partial charge on any atom is -0.496 e. The first kappa shape index (κ1) is 24.7. The fourth-order valence-electron chi connectivity index (χ4n) is 2.82. The van der Waals surface area contributed by atoms with Gasteiger partial charge in [-0.25, -0.2) is 0 Å². The molecule has 0 fully saturated rings. The Morgan fingerprint density at radius 1 is 0.828 bits per heavy atom.